The largest absolute Gasteiger partial charge is 0.493 e. The van der Waals surface area contributed by atoms with Crippen LogP contribution in [0, 0.1) is 5.41 Å². The van der Waals surface area contributed by atoms with Crippen molar-refractivity contribution in [3.8, 4) is 11.5 Å². The molecule has 0 amide bonds. The average Bonchev–Trinajstić information content (AvgIpc) is 2.87. The molecule has 2 rings (SSSR count). The Bertz CT molecular complexity index is 496. The Hall–Kier alpha value is -1.23. The summed E-state index contributed by atoms with van der Waals surface area (Å²) in [7, 11) is 1.67. The summed E-state index contributed by atoms with van der Waals surface area (Å²) in [5.41, 5.74) is 7.36. The maximum absolute atomic E-state index is 5.86. The van der Waals surface area contributed by atoms with Gasteiger partial charge in [0, 0.05) is 13.1 Å². The van der Waals surface area contributed by atoms with Gasteiger partial charge in [-0.25, -0.2) is 0 Å². The van der Waals surface area contributed by atoms with E-state index in [1.165, 1.54) is 12.0 Å². The molecule has 1 unspecified atom stereocenters. The van der Waals surface area contributed by atoms with Crippen LogP contribution in [0.15, 0.2) is 30.9 Å². The molecule has 0 bridgehead atoms. The first-order valence-electron chi connectivity index (χ1n) is 7.43. The van der Waals surface area contributed by atoms with Crippen LogP contribution >= 0.6 is 12.4 Å². The molecule has 1 aliphatic heterocycles. The van der Waals surface area contributed by atoms with Gasteiger partial charge in [-0.05, 0) is 42.6 Å². The number of hydrogen-bond acceptors (Lipinski definition) is 4. The number of likely N-dealkylation sites (tertiary alicyclic amines) is 1. The molecular weight excluding hydrogens is 300 g/mol. The van der Waals surface area contributed by atoms with E-state index < -0.39 is 0 Å². The zero-order valence-corrected chi connectivity index (χ0v) is 14.3. The third-order valence-electron chi connectivity index (χ3n) is 4.12. The second-order valence-corrected chi connectivity index (χ2v) is 6.06. The molecule has 0 saturated carbocycles. The third kappa shape index (κ3) is 4.63. The molecule has 0 spiro atoms. The van der Waals surface area contributed by atoms with Gasteiger partial charge in [-0.2, -0.15) is 0 Å². The van der Waals surface area contributed by atoms with Gasteiger partial charge in [0.2, 0.25) is 0 Å². The van der Waals surface area contributed by atoms with E-state index in [-0.39, 0.29) is 17.8 Å². The molecule has 0 aliphatic carbocycles. The molecule has 22 heavy (non-hydrogen) atoms. The molecule has 2 N–H and O–H groups in total. The lowest BCUT2D eigenvalue weighted by molar-refractivity contribution is 0.273. The lowest BCUT2D eigenvalue weighted by Gasteiger charge is -2.22. The van der Waals surface area contributed by atoms with Crippen molar-refractivity contribution in [2.75, 3.05) is 33.4 Å². The number of ether oxygens (including phenoxy) is 2. The van der Waals surface area contributed by atoms with Gasteiger partial charge in [-0.3, -0.25) is 4.90 Å². The van der Waals surface area contributed by atoms with Gasteiger partial charge in [0.05, 0.1) is 7.11 Å². The number of rotatable bonds is 7. The van der Waals surface area contributed by atoms with Crippen LogP contribution in [0.5, 0.6) is 11.5 Å². The van der Waals surface area contributed by atoms with Gasteiger partial charge in [-0.15, -0.1) is 12.4 Å². The zero-order chi connectivity index (χ0) is 15.3. The Morgan fingerprint density at radius 1 is 1.41 bits per heavy atom. The Kier molecular flexibility index (Phi) is 7.20. The van der Waals surface area contributed by atoms with Gasteiger partial charge in [0.15, 0.2) is 11.5 Å². The maximum atomic E-state index is 5.86. The van der Waals surface area contributed by atoms with Crippen molar-refractivity contribution in [2.24, 2.45) is 11.1 Å². The predicted octanol–water partition coefficient (Wildman–Crippen LogP) is 2.85. The van der Waals surface area contributed by atoms with E-state index in [2.05, 4.69) is 30.5 Å². The van der Waals surface area contributed by atoms with Crippen molar-refractivity contribution in [3.63, 3.8) is 0 Å². The summed E-state index contributed by atoms with van der Waals surface area (Å²) >= 11 is 0. The van der Waals surface area contributed by atoms with Crippen LogP contribution in [0.4, 0.5) is 0 Å². The molecule has 1 saturated heterocycles. The van der Waals surface area contributed by atoms with E-state index in [0.717, 1.165) is 37.7 Å². The highest BCUT2D eigenvalue weighted by atomic mass is 35.5. The van der Waals surface area contributed by atoms with E-state index >= 15 is 0 Å². The van der Waals surface area contributed by atoms with Crippen LogP contribution in [0.25, 0.3) is 0 Å². The smallest absolute Gasteiger partial charge is 0.161 e. The lowest BCUT2D eigenvalue weighted by atomic mass is 9.90. The zero-order valence-electron chi connectivity index (χ0n) is 13.5. The molecule has 1 aromatic rings. The van der Waals surface area contributed by atoms with E-state index in [4.69, 9.17) is 15.2 Å². The van der Waals surface area contributed by atoms with E-state index in [0.29, 0.717) is 6.61 Å². The highest BCUT2D eigenvalue weighted by molar-refractivity contribution is 5.85. The van der Waals surface area contributed by atoms with Crippen LogP contribution in [0.1, 0.15) is 18.9 Å². The minimum atomic E-state index is 0. The Morgan fingerprint density at radius 3 is 2.77 bits per heavy atom. The molecule has 0 radical (unpaired) electrons. The Balaban J connectivity index is 0.00000242. The number of nitrogens with two attached hydrogens (primary N) is 1. The van der Waals surface area contributed by atoms with Crippen LogP contribution in [-0.4, -0.2) is 38.3 Å². The van der Waals surface area contributed by atoms with Crippen molar-refractivity contribution in [3.05, 3.63) is 36.4 Å². The van der Waals surface area contributed by atoms with Crippen molar-refractivity contribution in [2.45, 2.75) is 19.9 Å². The molecule has 1 aliphatic rings. The molecule has 4 nitrogen and oxygen atoms in total. The summed E-state index contributed by atoms with van der Waals surface area (Å²) in [6, 6.07) is 6.12. The fourth-order valence-corrected chi connectivity index (χ4v) is 2.76. The number of benzene rings is 1. The van der Waals surface area contributed by atoms with Gasteiger partial charge in [-0.1, -0.05) is 25.6 Å². The van der Waals surface area contributed by atoms with Gasteiger partial charge >= 0.3 is 0 Å². The second kappa shape index (κ2) is 8.42. The summed E-state index contributed by atoms with van der Waals surface area (Å²) in [6.45, 7) is 10.2. The Morgan fingerprint density at radius 2 is 2.18 bits per heavy atom. The fraction of sp³-hybridized carbons (Fsp3) is 0.529. The predicted molar refractivity (Wildman–Crippen MR) is 93.0 cm³/mol. The minimum Gasteiger partial charge on any atom is -0.493 e. The average molecular weight is 327 g/mol. The number of hydrogen-bond donors (Lipinski definition) is 1. The van der Waals surface area contributed by atoms with Crippen LogP contribution in [0.3, 0.4) is 0 Å². The summed E-state index contributed by atoms with van der Waals surface area (Å²) in [5.74, 6) is 1.53. The summed E-state index contributed by atoms with van der Waals surface area (Å²) in [5, 5.41) is 0. The monoisotopic (exact) mass is 326 g/mol. The van der Waals surface area contributed by atoms with Gasteiger partial charge in [0.25, 0.3) is 0 Å². The molecule has 1 atom stereocenters. The molecule has 5 heteroatoms. The van der Waals surface area contributed by atoms with E-state index in [1.807, 2.05) is 6.07 Å². The third-order valence-corrected chi connectivity index (χ3v) is 4.12. The number of halogens is 1. The summed E-state index contributed by atoms with van der Waals surface area (Å²) in [6.07, 6.45) is 2.90. The molecular formula is C17H27ClN2O2. The molecule has 0 aromatic heterocycles. The second-order valence-electron chi connectivity index (χ2n) is 6.06. The lowest BCUT2D eigenvalue weighted by Crippen LogP contribution is -2.31. The minimum absolute atomic E-state index is 0. The van der Waals surface area contributed by atoms with Crippen molar-refractivity contribution in [1.82, 2.24) is 4.90 Å². The molecule has 1 aromatic carbocycles. The highest BCUT2D eigenvalue weighted by Gasteiger charge is 2.32. The first kappa shape index (κ1) is 18.8. The quantitative estimate of drug-likeness (QED) is 0.783. The first-order valence-corrected chi connectivity index (χ1v) is 7.43. The number of methoxy groups -OCH3 is 1. The topological polar surface area (TPSA) is 47.7 Å². The van der Waals surface area contributed by atoms with E-state index in [9.17, 15) is 0 Å². The maximum Gasteiger partial charge on any atom is 0.161 e. The summed E-state index contributed by atoms with van der Waals surface area (Å²) in [4.78, 5) is 2.45. The summed E-state index contributed by atoms with van der Waals surface area (Å²) < 4.78 is 11.0. The molecule has 124 valence electrons. The van der Waals surface area contributed by atoms with Gasteiger partial charge < -0.3 is 15.2 Å². The van der Waals surface area contributed by atoms with Crippen LogP contribution in [-0.2, 0) is 6.54 Å². The van der Waals surface area contributed by atoms with Crippen LogP contribution < -0.4 is 15.2 Å². The van der Waals surface area contributed by atoms with Crippen LogP contribution in [0.2, 0.25) is 0 Å². The van der Waals surface area contributed by atoms with Crippen molar-refractivity contribution >= 4 is 12.4 Å². The van der Waals surface area contributed by atoms with Crippen molar-refractivity contribution < 1.29 is 9.47 Å². The number of nitrogens with zero attached hydrogens (tertiary/aromatic N) is 1. The van der Waals surface area contributed by atoms with Crippen molar-refractivity contribution in [1.29, 1.82) is 0 Å². The highest BCUT2D eigenvalue weighted by Crippen LogP contribution is 2.32. The molecule has 1 heterocycles. The Labute approximate surface area is 139 Å². The van der Waals surface area contributed by atoms with E-state index in [1.54, 1.807) is 13.2 Å². The normalized spacial score (nSPS) is 21.2. The fourth-order valence-electron chi connectivity index (χ4n) is 2.76. The van der Waals surface area contributed by atoms with Gasteiger partial charge in [0.1, 0.15) is 6.61 Å². The molecule has 1 fully saturated rings. The SMILES string of the molecule is C=CCOc1ccc(CN2CCC(C)(CN)C2)cc1OC.Cl. The first-order chi connectivity index (χ1) is 10.1. The standard InChI is InChI=1S/C17H26N2O2.ClH/c1-4-9-21-15-6-5-14(10-16(15)20-3)11-19-8-7-17(2,12-18)13-19;/h4-6,10H,1,7-9,11-13,18H2,2-3H3;1H.